The molecule has 6 rings (SSSR count). The maximum Gasteiger partial charge on any atom is 0.326 e. The molecule has 1 saturated heterocycles. The number of nitrogens with zero attached hydrogens (tertiary/aromatic N) is 5. The second-order valence-electron chi connectivity index (χ2n) is 8.61. The van der Waals surface area contributed by atoms with Crippen LogP contribution in [0, 0.1) is 6.92 Å². The van der Waals surface area contributed by atoms with Gasteiger partial charge >= 0.3 is 6.03 Å². The molecular formula is C24H23N9O2. The first-order valence-corrected chi connectivity index (χ1v) is 11.4. The second-order valence-corrected chi connectivity index (χ2v) is 8.61. The highest BCUT2D eigenvalue weighted by atomic mass is 16.2. The van der Waals surface area contributed by atoms with Gasteiger partial charge in [-0.15, -0.1) is 0 Å². The lowest BCUT2D eigenvalue weighted by Crippen LogP contribution is -2.22. The van der Waals surface area contributed by atoms with E-state index < -0.39 is 11.9 Å². The van der Waals surface area contributed by atoms with E-state index >= 15 is 0 Å². The number of hydrogen-bond donors (Lipinski definition) is 4. The summed E-state index contributed by atoms with van der Waals surface area (Å²) in [7, 11) is 0. The zero-order valence-corrected chi connectivity index (χ0v) is 18.9. The van der Waals surface area contributed by atoms with Crippen molar-refractivity contribution in [3.05, 3.63) is 71.6 Å². The smallest absolute Gasteiger partial charge is 0.326 e. The number of carbonyl (C=O) groups excluding carboxylic acids is 2. The van der Waals surface area contributed by atoms with Crippen LogP contribution in [0.3, 0.4) is 0 Å². The van der Waals surface area contributed by atoms with Crippen LogP contribution in [0.2, 0.25) is 0 Å². The molecule has 176 valence electrons. The average Bonchev–Trinajstić information content (AvgIpc) is 3.25. The first kappa shape index (κ1) is 20.9. The molecule has 1 aliphatic carbocycles. The van der Waals surface area contributed by atoms with Crippen molar-refractivity contribution in [2.24, 2.45) is 0 Å². The molecule has 0 atom stereocenters. The summed E-state index contributed by atoms with van der Waals surface area (Å²) in [6.07, 6.45) is 9.15. The third-order valence-corrected chi connectivity index (χ3v) is 5.94. The Kier molecular flexibility index (Phi) is 4.94. The van der Waals surface area contributed by atoms with Crippen LogP contribution in [0.25, 0.3) is 17.4 Å². The van der Waals surface area contributed by atoms with Gasteiger partial charge in [-0.2, -0.15) is 9.61 Å². The Morgan fingerprint density at radius 2 is 2.09 bits per heavy atom. The van der Waals surface area contributed by atoms with Gasteiger partial charge in [-0.05, 0) is 43.5 Å². The molecule has 0 bridgehead atoms. The van der Waals surface area contributed by atoms with Gasteiger partial charge in [0, 0.05) is 42.3 Å². The Hall–Kier alpha value is -4.67. The number of carbonyl (C=O) groups is 2. The largest absolute Gasteiger partial charge is 0.367 e. The number of imidazole rings is 1. The average molecular weight is 470 g/mol. The Balaban J connectivity index is 1.31. The zero-order valence-electron chi connectivity index (χ0n) is 18.9. The van der Waals surface area contributed by atoms with Crippen LogP contribution in [-0.2, 0) is 11.3 Å². The molecule has 1 saturated carbocycles. The van der Waals surface area contributed by atoms with E-state index in [1.165, 1.54) is 0 Å². The SMILES string of the molecule is Cc1nccn1-c1cccc(CNc2cc(NC3CC3)n3ncc(/C=C4\NC(=O)NC4=O)c3n2)c1. The van der Waals surface area contributed by atoms with E-state index in [9.17, 15) is 9.59 Å². The second kappa shape index (κ2) is 8.28. The molecular weight excluding hydrogens is 446 g/mol. The number of aryl methyl sites for hydroxylation is 1. The molecule has 11 nitrogen and oxygen atoms in total. The summed E-state index contributed by atoms with van der Waals surface area (Å²) in [6.45, 7) is 2.54. The van der Waals surface area contributed by atoms with Crippen molar-refractivity contribution >= 4 is 35.3 Å². The van der Waals surface area contributed by atoms with E-state index in [4.69, 9.17) is 4.98 Å². The van der Waals surface area contributed by atoms with Crippen LogP contribution < -0.4 is 21.3 Å². The van der Waals surface area contributed by atoms with Crippen molar-refractivity contribution < 1.29 is 9.59 Å². The van der Waals surface area contributed by atoms with Gasteiger partial charge in [0.15, 0.2) is 5.65 Å². The number of urea groups is 1. The van der Waals surface area contributed by atoms with Crippen molar-refractivity contribution in [1.29, 1.82) is 0 Å². The van der Waals surface area contributed by atoms with Crippen molar-refractivity contribution in [3.8, 4) is 5.69 Å². The molecule has 11 heteroatoms. The topological polar surface area (TPSA) is 130 Å². The van der Waals surface area contributed by atoms with Crippen molar-refractivity contribution in [2.45, 2.75) is 32.4 Å². The summed E-state index contributed by atoms with van der Waals surface area (Å²) < 4.78 is 3.75. The van der Waals surface area contributed by atoms with Crippen LogP contribution in [-0.4, -0.2) is 42.1 Å². The van der Waals surface area contributed by atoms with Crippen molar-refractivity contribution in [1.82, 2.24) is 34.8 Å². The molecule has 2 aliphatic rings. The van der Waals surface area contributed by atoms with Gasteiger partial charge < -0.3 is 20.5 Å². The minimum absolute atomic E-state index is 0.161. The molecule has 0 radical (unpaired) electrons. The third-order valence-electron chi connectivity index (χ3n) is 5.94. The van der Waals surface area contributed by atoms with Gasteiger partial charge in [0.05, 0.1) is 6.20 Å². The lowest BCUT2D eigenvalue weighted by atomic mass is 10.2. The minimum atomic E-state index is -0.544. The van der Waals surface area contributed by atoms with E-state index in [-0.39, 0.29) is 5.70 Å². The molecule has 4 heterocycles. The molecule has 4 N–H and O–H groups in total. The molecule has 1 aliphatic heterocycles. The third kappa shape index (κ3) is 4.19. The van der Waals surface area contributed by atoms with Crippen LogP contribution in [0.5, 0.6) is 0 Å². The Morgan fingerprint density at radius 3 is 2.83 bits per heavy atom. The highest BCUT2D eigenvalue weighted by Crippen LogP contribution is 2.28. The van der Waals surface area contributed by atoms with Crippen LogP contribution >= 0.6 is 0 Å². The molecule has 0 spiro atoms. The van der Waals surface area contributed by atoms with E-state index in [1.807, 2.05) is 35.9 Å². The number of amides is 3. The number of fused-ring (bicyclic) bond motifs is 1. The summed E-state index contributed by atoms with van der Waals surface area (Å²) in [4.78, 5) is 32.5. The monoisotopic (exact) mass is 469 g/mol. The fourth-order valence-corrected chi connectivity index (χ4v) is 4.01. The van der Waals surface area contributed by atoms with Crippen LogP contribution in [0.15, 0.2) is 54.6 Å². The number of hydrogen-bond acceptors (Lipinski definition) is 7. The fraction of sp³-hybridized carbons (Fsp3) is 0.208. The van der Waals surface area contributed by atoms with E-state index in [0.717, 1.165) is 35.7 Å². The van der Waals surface area contributed by atoms with E-state index in [0.29, 0.717) is 29.6 Å². The van der Waals surface area contributed by atoms with Gasteiger partial charge in [0.25, 0.3) is 5.91 Å². The van der Waals surface area contributed by atoms with Crippen molar-refractivity contribution in [3.63, 3.8) is 0 Å². The highest BCUT2D eigenvalue weighted by molar-refractivity contribution is 6.14. The first-order chi connectivity index (χ1) is 17.0. The molecule has 3 amide bonds. The van der Waals surface area contributed by atoms with E-state index in [1.54, 1.807) is 23.0 Å². The predicted octanol–water partition coefficient (Wildman–Crippen LogP) is 2.59. The Labute approximate surface area is 200 Å². The number of imide groups is 1. The summed E-state index contributed by atoms with van der Waals surface area (Å²) in [5.41, 5.74) is 3.49. The minimum Gasteiger partial charge on any atom is -0.367 e. The summed E-state index contributed by atoms with van der Waals surface area (Å²) >= 11 is 0. The molecule has 0 unspecified atom stereocenters. The fourth-order valence-electron chi connectivity index (χ4n) is 4.01. The molecule has 3 aromatic heterocycles. The first-order valence-electron chi connectivity index (χ1n) is 11.4. The van der Waals surface area contributed by atoms with Gasteiger partial charge in [-0.3, -0.25) is 10.1 Å². The normalized spacial score (nSPS) is 16.5. The lowest BCUT2D eigenvalue weighted by Gasteiger charge is -2.12. The molecule has 4 aromatic rings. The number of aromatic nitrogens is 5. The van der Waals surface area contributed by atoms with Gasteiger partial charge in [0.1, 0.15) is 23.2 Å². The quantitative estimate of drug-likeness (QED) is 0.242. The Bertz CT molecular complexity index is 1500. The highest BCUT2D eigenvalue weighted by Gasteiger charge is 2.25. The standard InChI is InChI=1S/C24H23N9O2/c1-14-25-7-8-32(14)18-4-2-3-15(9-18)12-26-20-11-21(28-17-5-6-17)33-22(30-20)16(13-27-33)10-19-23(34)31-24(35)29-19/h2-4,7-11,13,17,28H,5-6,12H2,1H3,(H,26,30)(H2,29,31,34,35)/b19-10-. The lowest BCUT2D eigenvalue weighted by molar-refractivity contribution is -0.115. The van der Waals surface area contributed by atoms with Gasteiger partial charge in [-0.1, -0.05) is 12.1 Å². The van der Waals surface area contributed by atoms with Gasteiger partial charge in [0.2, 0.25) is 0 Å². The predicted molar refractivity (Wildman–Crippen MR) is 130 cm³/mol. The molecule has 1 aromatic carbocycles. The summed E-state index contributed by atoms with van der Waals surface area (Å²) in [5.74, 6) is 1.93. The van der Waals surface area contributed by atoms with Crippen LogP contribution in [0.4, 0.5) is 16.4 Å². The zero-order chi connectivity index (χ0) is 23.9. The van der Waals surface area contributed by atoms with Crippen LogP contribution in [0.1, 0.15) is 29.8 Å². The van der Waals surface area contributed by atoms with Gasteiger partial charge in [-0.25, -0.2) is 14.8 Å². The maximum atomic E-state index is 12.0. The summed E-state index contributed by atoms with van der Waals surface area (Å²) in [6, 6.07) is 10.0. The maximum absolute atomic E-state index is 12.0. The number of nitrogens with one attached hydrogen (secondary N) is 4. The molecule has 35 heavy (non-hydrogen) atoms. The number of rotatable bonds is 7. The summed E-state index contributed by atoms with van der Waals surface area (Å²) in [5, 5.41) is 16.1. The number of anilines is 2. The van der Waals surface area contributed by atoms with E-state index in [2.05, 4.69) is 43.5 Å². The Morgan fingerprint density at radius 1 is 1.20 bits per heavy atom. The number of benzene rings is 1. The molecule has 2 fully saturated rings. The van der Waals surface area contributed by atoms with Crippen molar-refractivity contribution in [2.75, 3.05) is 10.6 Å².